The van der Waals surface area contributed by atoms with Crippen molar-refractivity contribution in [2.45, 2.75) is 137 Å². The second-order valence-corrected chi connectivity index (χ2v) is 11.7. The van der Waals surface area contributed by atoms with Gasteiger partial charge in [0.25, 0.3) is 0 Å². The Bertz CT molecular complexity index is 581. The minimum atomic E-state index is -0.186. The van der Waals surface area contributed by atoms with Crippen molar-refractivity contribution in [3.63, 3.8) is 0 Å². The van der Waals surface area contributed by atoms with Gasteiger partial charge in [0.1, 0.15) is 12.9 Å². The van der Waals surface area contributed by atoms with Crippen LogP contribution in [0.15, 0.2) is 0 Å². The minimum absolute atomic E-state index is 0.0382. The van der Waals surface area contributed by atoms with Gasteiger partial charge in [-0.05, 0) is 67.7 Å². The highest BCUT2D eigenvalue weighted by Gasteiger charge is 2.54. The number of amides is 1. The van der Waals surface area contributed by atoms with Crippen LogP contribution < -0.4 is 5.32 Å². The zero-order valence-corrected chi connectivity index (χ0v) is 21.6. The van der Waals surface area contributed by atoms with Crippen LogP contribution in [0.3, 0.4) is 0 Å². The van der Waals surface area contributed by atoms with Crippen LogP contribution in [0.25, 0.3) is 0 Å². The Hall–Kier alpha value is -1.03. The maximum atomic E-state index is 11.6. The van der Waals surface area contributed by atoms with E-state index >= 15 is 0 Å². The molecule has 0 aromatic carbocycles. The van der Waals surface area contributed by atoms with Crippen LogP contribution in [0.2, 0.25) is 0 Å². The third-order valence-corrected chi connectivity index (χ3v) is 6.27. The molecule has 4 nitrogen and oxygen atoms in total. The van der Waals surface area contributed by atoms with Gasteiger partial charge in [-0.2, -0.15) is 4.58 Å². The Balaban J connectivity index is 5.78. The highest BCUT2D eigenvalue weighted by atomic mass is 16.1. The van der Waals surface area contributed by atoms with Crippen molar-refractivity contribution >= 4 is 19.3 Å². The highest BCUT2D eigenvalue weighted by molar-refractivity contribution is 5.57. The van der Waals surface area contributed by atoms with E-state index in [9.17, 15) is 4.79 Å². The van der Waals surface area contributed by atoms with E-state index in [1.807, 2.05) is 10.8 Å². The van der Waals surface area contributed by atoms with E-state index in [1.54, 1.807) is 0 Å². The van der Waals surface area contributed by atoms with Crippen LogP contribution >= 0.6 is 0 Å². The lowest BCUT2D eigenvalue weighted by atomic mass is 9.72. The molecule has 0 spiro atoms. The fraction of sp³-hybridized carbons (Fsp3) is 0.880. The first-order valence-electron chi connectivity index (χ1n) is 11.4. The first-order valence-corrected chi connectivity index (χ1v) is 11.4. The van der Waals surface area contributed by atoms with Crippen LogP contribution in [-0.4, -0.2) is 56.7 Å². The van der Waals surface area contributed by atoms with Gasteiger partial charge in [0, 0.05) is 31.7 Å². The van der Waals surface area contributed by atoms with Crippen molar-refractivity contribution in [1.82, 2.24) is 5.32 Å². The number of hydrogen-bond donors (Lipinski definition) is 1. The molecular weight excluding hydrogens is 358 g/mol. The van der Waals surface area contributed by atoms with Crippen LogP contribution in [0, 0.1) is 5.92 Å². The van der Waals surface area contributed by atoms with Gasteiger partial charge >= 0.3 is 6.41 Å². The van der Waals surface area contributed by atoms with E-state index < -0.39 is 0 Å². The molecule has 1 N–H and O–H groups in total. The van der Waals surface area contributed by atoms with Crippen LogP contribution in [0.5, 0.6) is 0 Å². The summed E-state index contributed by atoms with van der Waals surface area (Å²) in [4.78, 5) is 11.6. The average Bonchev–Trinajstić information content (AvgIpc) is 2.51. The number of rotatable bonds is 12. The van der Waals surface area contributed by atoms with E-state index in [2.05, 4.69) is 99.7 Å². The van der Waals surface area contributed by atoms with E-state index in [0.717, 1.165) is 32.1 Å². The Morgan fingerprint density at radius 2 is 1.48 bits per heavy atom. The summed E-state index contributed by atoms with van der Waals surface area (Å²) in [5.41, 5.74) is -0.502. The van der Waals surface area contributed by atoms with Gasteiger partial charge in [0.15, 0.2) is 17.1 Å². The Morgan fingerprint density at radius 3 is 1.86 bits per heavy atom. The van der Waals surface area contributed by atoms with E-state index in [-0.39, 0.29) is 28.2 Å². The third kappa shape index (κ3) is 7.96. The molecule has 0 rings (SSSR count). The molecule has 2 unspecified atom stereocenters. The molecule has 1 amide bonds. The van der Waals surface area contributed by atoms with Crippen molar-refractivity contribution in [3.05, 3.63) is 0 Å². The topological polar surface area (TPSA) is 35.1 Å². The van der Waals surface area contributed by atoms with Gasteiger partial charge in [-0.25, -0.2) is 9.37 Å². The predicted octanol–water partition coefficient (Wildman–Crippen LogP) is 5.27. The van der Waals surface area contributed by atoms with Gasteiger partial charge in [-0.1, -0.05) is 20.8 Å². The lowest BCUT2D eigenvalue weighted by molar-refractivity contribution is -0.669. The fourth-order valence-corrected chi connectivity index (χ4v) is 4.72. The standard InChI is InChI=1S/C25H51N3O/c1-14-15-16-28(19-29)21(4)18-23(8,9)26-24(10,11)25(12,17-20(2)3)27(13)22(5,6)7/h16,19-21,26H,13-15,17-18H2,1-12H3/q+2. The largest absolute Gasteiger partial charge is 0.374 e. The number of hydrogen-bond acceptors (Lipinski definition) is 2. The zero-order chi connectivity index (χ0) is 23.3. The smallest absolute Gasteiger partial charge is 0.301 e. The van der Waals surface area contributed by atoms with Crippen molar-refractivity contribution in [3.8, 4) is 0 Å². The third-order valence-electron chi connectivity index (χ3n) is 6.27. The SMILES string of the molecule is C=[N+](C(C)(C)C)C(C)(CC(C)C)C(C)(C)NC(C)(C)CC(C)[N+](C=O)=CCCC. The first kappa shape index (κ1) is 28.0. The van der Waals surface area contributed by atoms with Gasteiger partial charge < -0.3 is 5.32 Å². The van der Waals surface area contributed by atoms with E-state index in [4.69, 9.17) is 0 Å². The molecule has 0 saturated heterocycles. The minimum Gasteiger partial charge on any atom is -0.301 e. The average molecular weight is 410 g/mol. The molecule has 170 valence electrons. The molecule has 0 aliphatic rings. The molecule has 29 heavy (non-hydrogen) atoms. The zero-order valence-electron chi connectivity index (χ0n) is 21.6. The molecule has 0 heterocycles. The van der Waals surface area contributed by atoms with Crippen LogP contribution in [0.1, 0.15) is 109 Å². The normalized spacial score (nSPS) is 17.2. The summed E-state index contributed by atoms with van der Waals surface area (Å²) in [6.07, 6.45) is 6.88. The van der Waals surface area contributed by atoms with E-state index in [1.165, 1.54) is 0 Å². The molecule has 0 aliphatic heterocycles. The molecule has 2 atom stereocenters. The van der Waals surface area contributed by atoms with Crippen molar-refractivity contribution in [1.29, 1.82) is 0 Å². The second kappa shape index (κ2) is 10.3. The summed E-state index contributed by atoms with van der Waals surface area (Å²) in [5.74, 6) is 0.559. The number of nitrogens with one attached hydrogen (secondary N) is 1. The molecular formula is C25H51N3O+2. The van der Waals surface area contributed by atoms with Gasteiger partial charge in [0.05, 0.1) is 5.54 Å². The summed E-state index contributed by atoms with van der Waals surface area (Å²) in [7, 11) is 0. The maximum Gasteiger partial charge on any atom is 0.374 e. The van der Waals surface area contributed by atoms with E-state index in [0.29, 0.717) is 5.92 Å². The molecule has 0 bridgehead atoms. The van der Waals surface area contributed by atoms with Crippen LogP contribution in [0.4, 0.5) is 0 Å². The summed E-state index contributed by atoms with van der Waals surface area (Å²) >= 11 is 0. The molecule has 0 saturated carbocycles. The molecule has 4 heteroatoms. The fourth-order valence-electron chi connectivity index (χ4n) is 4.72. The number of unbranched alkanes of at least 4 members (excludes halogenated alkanes) is 1. The van der Waals surface area contributed by atoms with Crippen molar-refractivity contribution in [2.75, 3.05) is 0 Å². The van der Waals surface area contributed by atoms with Crippen molar-refractivity contribution < 1.29 is 13.9 Å². The Morgan fingerprint density at radius 1 is 0.966 bits per heavy atom. The molecule has 0 radical (unpaired) electrons. The highest BCUT2D eigenvalue weighted by Crippen LogP contribution is 2.37. The molecule has 0 aromatic heterocycles. The van der Waals surface area contributed by atoms with Gasteiger partial charge in [0.2, 0.25) is 0 Å². The molecule has 0 aliphatic carbocycles. The monoisotopic (exact) mass is 409 g/mol. The lowest BCUT2D eigenvalue weighted by Gasteiger charge is -2.49. The summed E-state index contributed by atoms with van der Waals surface area (Å²) < 4.78 is 4.12. The summed E-state index contributed by atoms with van der Waals surface area (Å²) in [6, 6.07) is 0.146. The molecule has 0 aromatic rings. The van der Waals surface area contributed by atoms with Gasteiger partial charge in [-0.15, -0.1) is 0 Å². The van der Waals surface area contributed by atoms with Crippen LogP contribution in [-0.2, 0) is 4.79 Å². The second-order valence-electron chi connectivity index (χ2n) is 11.7. The summed E-state index contributed by atoms with van der Waals surface area (Å²) in [6.45, 7) is 31.4. The number of carbonyl (C=O) groups excluding carboxylic acids is 1. The van der Waals surface area contributed by atoms with Gasteiger partial charge in [-0.3, -0.25) is 0 Å². The maximum absolute atomic E-state index is 11.6. The molecule has 0 fully saturated rings. The van der Waals surface area contributed by atoms with Crippen molar-refractivity contribution in [2.24, 2.45) is 5.92 Å². The lowest BCUT2D eigenvalue weighted by Crippen LogP contribution is -2.69. The Labute approximate surface area is 181 Å². The Kier molecular flexibility index (Phi) is 9.96. The quantitative estimate of drug-likeness (QED) is 0.271. The number of nitrogens with zero attached hydrogens (tertiary/aromatic N) is 2. The first-order chi connectivity index (χ1) is 12.9. The predicted molar refractivity (Wildman–Crippen MR) is 128 cm³/mol. The summed E-state index contributed by atoms with van der Waals surface area (Å²) in [5, 5.41) is 3.96. The number of carbonyl (C=O) groups is 1.